The summed E-state index contributed by atoms with van der Waals surface area (Å²) >= 11 is 0. The molecule has 3 rings (SSSR count). The van der Waals surface area contributed by atoms with Crippen molar-refractivity contribution in [2.24, 2.45) is 0 Å². The number of nitrogens with zero attached hydrogens (tertiary/aromatic N) is 1. The summed E-state index contributed by atoms with van der Waals surface area (Å²) in [7, 11) is 0. The van der Waals surface area contributed by atoms with Crippen LogP contribution in [0.4, 0.5) is 15.9 Å². The Morgan fingerprint density at radius 3 is 3.05 bits per heavy atom. The van der Waals surface area contributed by atoms with Crippen LogP contribution in [0, 0.1) is 5.82 Å². The lowest BCUT2D eigenvalue weighted by atomic mass is 9.87. The fourth-order valence-electron chi connectivity index (χ4n) is 2.64. The first-order valence-corrected chi connectivity index (χ1v) is 6.49. The molecule has 1 aliphatic carbocycles. The van der Waals surface area contributed by atoms with Crippen LogP contribution in [-0.4, -0.2) is 4.98 Å². The average Bonchev–Trinajstić information content (AvgIpc) is 2.41. The van der Waals surface area contributed by atoms with Gasteiger partial charge in [-0.15, -0.1) is 0 Å². The maximum atomic E-state index is 13.6. The van der Waals surface area contributed by atoms with Crippen molar-refractivity contribution in [1.82, 2.24) is 4.98 Å². The number of halogens is 1. The Kier molecular flexibility index (Phi) is 3.07. The summed E-state index contributed by atoms with van der Waals surface area (Å²) in [5.74, 6) is 0.00208. The van der Waals surface area contributed by atoms with Crippen LogP contribution in [0.3, 0.4) is 0 Å². The Morgan fingerprint density at radius 1 is 1.32 bits per heavy atom. The van der Waals surface area contributed by atoms with Gasteiger partial charge < -0.3 is 11.1 Å². The number of benzene rings is 1. The molecule has 1 heterocycles. The molecule has 98 valence electrons. The second-order valence-electron chi connectivity index (χ2n) is 4.88. The maximum Gasteiger partial charge on any atom is 0.165 e. The Labute approximate surface area is 111 Å². The predicted molar refractivity (Wildman–Crippen MR) is 74.4 cm³/mol. The van der Waals surface area contributed by atoms with E-state index in [1.807, 2.05) is 18.2 Å². The molecule has 0 saturated carbocycles. The Bertz CT molecular complexity index is 598. The number of pyridine rings is 1. The van der Waals surface area contributed by atoms with Crippen LogP contribution in [0.2, 0.25) is 0 Å². The molecule has 19 heavy (non-hydrogen) atoms. The van der Waals surface area contributed by atoms with Crippen LogP contribution >= 0.6 is 0 Å². The summed E-state index contributed by atoms with van der Waals surface area (Å²) < 4.78 is 13.6. The molecular formula is C15H16FN3. The van der Waals surface area contributed by atoms with Gasteiger partial charge in [0.25, 0.3) is 0 Å². The third kappa shape index (κ3) is 2.38. The monoisotopic (exact) mass is 257 g/mol. The minimum absolute atomic E-state index is 0.105. The Hall–Kier alpha value is -2.10. The third-order valence-electron chi connectivity index (χ3n) is 3.55. The smallest absolute Gasteiger partial charge is 0.165 e. The predicted octanol–water partition coefficient (Wildman–Crippen LogP) is 3.29. The zero-order chi connectivity index (χ0) is 13.2. The summed E-state index contributed by atoms with van der Waals surface area (Å²) in [5.41, 5.74) is 9.04. The van der Waals surface area contributed by atoms with Crippen molar-refractivity contribution < 1.29 is 4.39 Å². The molecule has 0 saturated heterocycles. The van der Waals surface area contributed by atoms with Crippen LogP contribution in [0.1, 0.15) is 30.0 Å². The van der Waals surface area contributed by atoms with E-state index in [2.05, 4.69) is 10.3 Å². The van der Waals surface area contributed by atoms with E-state index in [1.54, 1.807) is 12.3 Å². The van der Waals surface area contributed by atoms with Crippen molar-refractivity contribution in [2.75, 3.05) is 11.1 Å². The molecule has 0 radical (unpaired) electrons. The van der Waals surface area contributed by atoms with Gasteiger partial charge in [-0.3, -0.25) is 0 Å². The molecule has 3 N–H and O–H groups in total. The Morgan fingerprint density at radius 2 is 2.21 bits per heavy atom. The van der Waals surface area contributed by atoms with E-state index < -0.39 is 0 Å². The second kappa shape index (κ2) is 4.88. The topological polar surface area (TPSA) is 50.9 Å². The van der Waals surface area contributed by atoms with Gasteiger partial charge in [0.05, 0.1) is 6.04 Å². The number of nitrogen functional groups attached to an aromatic ring is 1. The van der Waals surface area contributed by atoms with Crippen molar-refractivity contribution >= 4 is 11.5 Å². The van der Waals surface area contributed by atoms with Gasteiger partial charge >= 0.3 is 0 Å². The van der Waals surface area contributed by atoms with E-state index in [9.17, 15) is 4.39 Å². The number of nitrogens with two attached hydrogens (primary N) is 1. The summed E-state index contributed by atoms with van der Waals surface area (Å²) in [6.07, 6.45) is 4.68. The Balaban J connectivity index is 1.90. The molecule has 4 heteroatoms. The molecule has 0 fully saturated rings. The first-order chi connectivity index (χ1) is 9.24. The van der Waals surface area contributed by atoms with Crippen LogP contribution in [0.5, 0.6) is 0 Å². The van der Waals surface area contributed by atoms with E-state index in [0.29, 0.717) is 5.82 Å². The number of aromatic nitrogens is 1. The highest BCUT2D eigenvalue weighted by molar-refractivity contribution is 5.49. The van der Waals surface area contributed by atoms with Crippen LogP contribution < -0.4 is 11.1 Å². The summed E-state index contributed by atoms with van der Waals surface area (Å²) in [5, 5.41) is 3.20. The van der Waals surface area contributed by atoms with Crippen molar-refractivity contribution in [3.05, 3.63) is 53.5 Å². The standard InChI is InChI=1S/C15H16FN3/c16-13-4-2-8-18-15(13)19-14-5-1-3-10-9-11(17)6-7-12(10)14/h2,4,6-9,14H,1,3,5,17H2,(H,18,19). The van der Waals surface area contributed by atoms with Gasteiger partial charge in [0, 0.05) is 11.9 Å². The zero-order valence-corrected chi connectivity index (χ0v) is 10.6. The van der Waals surface area contributed by atoms with E-state index in [1.165, 1.54) is 17.2 Å². The quantitative estimate of drug-likeness (QED) is 0.812. The average molecular weight is 257 g/mol. The van der Waals surface area contributed by atoms with Gasteiger partial charge in [-0.1, -0.05) is 6.07 Å². The third-order valence-corrected chi connectivity index (χ3v) is 3.55. The van der Waals surface area contributed by atoms with Gasteiger partial charge in [0.2, 0.25) is 0 Å². The summed E-state index contributed by atoms with van der Waals surface area (Å²) in [6.45, 7) is 0. The van der Waals surface area contributed by atoms with E-state index in [-0.39, 0.29) is 11.9 Å². The van der Waals surface area contributed by atoms with Crippen molar-refractivity contribution in [3.8, 4) is 0 Å². The van der Waals surface area contributed by atoms with Gasteiger partial charge in [0.15, 0.2) is 11.6 Å². The molecular weight excluding hydrogens is 241 g/mol. The number of nitrogens with one attached hydrogen (secondary N) is 1. The molecule has 0 aliphatic heterocycles. The number of hydrogen-bond acceptors (Lipinski definition) is 3. The lowest BCUT2D eigenvalue weighted by Crippen LogP contribution is -2.18. The van der Waals surface area contributed by atoms with Crippen molar-refractivity contribution in [1.29, 1.82) is 0 Å². The van der Waals surface area contributed by atoms with Gasteiger partial charge in [-0.05, 0) is 54.7 Å². The number of hydrogen-bond donors (Lipinski definition) is 2. The van der Waals surface area contributed by atoms with E-state index >= 15 is 0 Å². The molecule has 0 amide bonds. The molecule has 3 nitrogen and oxygen atoms in total. The first kappa shape index (κ1) is 12.0. The molecule has 2 aromatic rings. The zero-order valence-electron chi connectivity index (χ0n) is 10.6. The lowest BCUT2D eigenvalue weighted by molar-refractivity contribution is 0.582. The maximum absolute atomic E-state index is 13.6. The van der Waals surface area contributed by atoms with Gasteiger partial charge in [0.1, 0.15) is 0 Å². The largest absolute Gasteiger partial charge is 0.399 e. The lowest BCUT2D eigenvalue weighted by Gasteiger charge is -2.27. The van der Waals surface area contributed by atoms with Crippen LogP contribution in [0.25, 0.3) is 0 Å². The van der Waals surface area contributed by atoms with Gasteiger partial charge in [-0.2, -0.15) is 0 Å². The molecule has 1 unspecified atom stereocenters. The van der Waals surface area contributed by atoms with Gasteiger partial charge in [-0.25, -0.2) is 9.37 Å². The second-order valence-corrected chi connectivity index (χ2v) is 4.88. The SMILES string of the molecule is Nc1ccc2c(c1)CCCC2Nc1ncccc1F. The normalized spacial score (nSPS) is 17.8. The first-order valence-electron chi connectivity index (χ1n) is 6.49. The molecule has 1 aliphatic rings. The highest BCUT2D eigenvalue weighted by atomic mass is 19.1. The molecule has 0 bridgehead atoms. The number of fused-ring (bicyclic) bond motifs is 1. The molecule has 1 atom stereocenters. The van der Waals surface area contributed by atoms with Crippen LogP contribution in [0.15, 0.2) is 36.5 Å². The highest BCUT2D eigenvalue weighted by Crippen LogP contribution is 2.33. The fraction of sp³-hybridized carbons (Fsp3) is 0.267. The molecule has 1 aromatic carbocycles. The summed E-state index contributed by atoms with van der Waals surface area (Å²) in [6, 6.07) is 9.06. The molecule has 0 spiro atoms. The van der Waals surface area contributed by atoms with E-state index in [4.69, 9.17) is 5.73 Å². The number of anilines is 2. The number of aryl methyl sites for hydroxylation is 1. The molecule has 1 aromatic heterocycles. The number of rotatable bonds is 2. The van der Waals surface area contributed by atoms with E-state index in [0.717, 1.165) is 24.9 Å². The minimum Gasteiger partial charge on any atom is -0.399 e. The fourth-order valence-corrected chi connectivity index (χ4v) is 2.64. The summed E-state index contributed by atoms with van der Waals surface area (Å²) in [4.78, 5) is 4.05. The minimum atomic E-state index is -0.315. The van der Waals surface area contributed by atoms with Crippen molar-refractivity contribution in [3.63, 3.8) is 0 Å². The van der Waals surface area contributed by atoms with Crippen molar-refractivity contribution in [2.45, 2.75) is 25.3 Å². The van der Waals surface area contributed by atoms with Crippen LogP contribution in [-0.2, 0) is 6.42 Å². The highest BCUT2D eigenvalue weighted by Gasteiger charge is 2.21.